The van der Waals surface area contributed by atoms with E-state index >= 15 is 0 Å². The first-order chi connectivity index (χ1) is 10.7. The molecule has 0 spiro atoms. The molecule has 0 unspecified atom stereocenters. The number of rotatable bonds is 5. The van der Waals surface area contributed by atoms with E-state index in [2.05, 4.69) is 10.2 Å². The minimum atomic E-state index is 0.277. The Labute approximate surface area is 139 Å². The predicted octanol–water partition coefficient (Wildman–Crippen LogP) is 1.62. The van der Waals surface area contributed by atoms with Crippen molar-refractivity contribution in [1.82, 2.24) is 15.1 Å². The SMILES string of the molecule is COCCCNC(=S)N1CCN(C(=O)C2CCCCC2)CC1. The highest BCUT2D eigenvalue weighted by molar-refractivity contribution is 7.80. The summed E-state index contributed by atoms with van der Waals surface area (Å²) in [6.45, 7) is 4.88. The maximum atomic E-state index is 12.5. The van der Waals surface area contributed by atoms with Gasteiger partial charge in [0.2, 0.25) is 5.91 Å². The first-order valence-corrected chi connectivity index (χ1v) is 8.93. The number of piperazine rings is 1. The van der Waals surface area contributed by atoms with Crippen LogP contribution in [0.3, 0.4) is 0 Å². The molecule has 2 aliphatic rings. The highest BCUT2D eigenvalue weighted by Crippen LogP contribution is 2.25. The molecule has 1 saturated carbocycles. The van der Waals surface area contributed by atoms with E-state index in [1.165, 1.54) is 19.3 Å². The molecule has 0 atom stereocenters. The molecule has 0 aromatic carbocycles. The minimum Gasteiger partial charge on any atom is -0.385 e. The molecule has 0 aromatic rings. The summed E-state index contributed by atoms with van der Waals surface area (Å²) < 4.78 is 5.03. The first kappa shape index (κ1) is 17.5. The number of thiocarbonyl (C=S) groups is 1. The number of amides is 1. The van der Waals surface area contributed by atoms with Gasteiger partial charge < -0.3 is 19.9 Å². The summed E-state index contributed by atoms with van der Waals surface area (Å²) in [6.07, 6.45) is 6.84. The molecule has 0 aromatic heterocycles. The van der Waals surface area contributed by atoms with Crippen LogP contribution in [-0.2, 0) is 9.53 Å². The Morgan fingerprint density at radius 1 is 1.14 bits per heavy atom. The predicted molar refractivity (Wildman–Crippen MR) is 91.8 cm³/mol. The molecule has 2 fully saturated rings. The zero-order valence-corrected chi connectivity index (χ0v) is 14.5. The van der Waals surface area contributed by atoms with E-state index in [4.69, 9.17) is 17.0 Å². The summed E-state index contributed by atoms with van der Waals surface area (Å²) in [5.41, 5.74) is 0. The molecule has 1 aliphatic carbocycles. The van der Waals surface area contributed by atoms with Crippen molar-refractivity contribution in [2.45, 2.75) is 38.5 Å². The normalized spacial score (nSPS) is 20.0. The third-order valence-electron chi connectivity index (χ3n) is 4.63. The summed E-state index contributed by atoms with van der Waals surface area (Å²) in [6, 6.07) is 0. The van der Waals surface area contributed by atoms with Crippen molar-refractivity contribution in [1.29, 1.82) is 0 Å². The fourth-order valence-corrected chi connectivity index (χ4v) is 3.55. The molecule has 1 heterocycles. The van der Waals surface area contributed by atoms with Crippen molar-refractivity contribution in [3.8, 4) is 0 Å². The van der Waals surface area contributed by atoms with Crippen molar-refractivity contribution >= 4 is 23.2 Å². The quantitative estimate of drug-likeness (QED) is 0.614. The van der Waals surface area contributed by atoms with Crippen LogP contribution in [0.15, 0.2) is 0 Å². The number of nitrogens with zero attached hydrogens (tertiary/aromatic N) is 2. The number of ether oxygens (including phenoxy) is 1. The van der Waals surface area contributed by atoms with Crippen molar-refractivity contribution in [3.05, 3.63) is 0 Å². The van der Waals surface area contributed by atoms with Crippen molar-refractivity contribution in [2.24, 2.45) is 5.92 Å². The Hall–Kier alpha value is -0.880. The van der Waals surface area contributed by atoms with E-state index in [1.54, 1.807) is 7.11 Å². The topological polar surface area (TPSA) is 44.8 Å². The smallest absolute Gasteiger partial charge is 0.225 e. The zero-order valence-electron chi connectivity index (χ0n) is 13.7. The van der Waals surface area contributed by atoms with E-state index < -0.39 is 0 Å². The summed E-state index contributed by atoms with van der Waals surface area (Å²) >= 11 is 5.42. The van der Waals surface area contributed by atoms with Gasteiger partial charge in [0, 0.05) is 52.4 Å². The van der Waals surface area contributed by atoms with Gasteiger partial charge in [0.15, 0.2) is 5.11 Å². The van der Waals surface area contributed by atoms with Gasteiger partial charge in [-0.2, -0.15) is 0 Å². The Morgan fingerprint density at radius 3 is 2.41 bits per heavy atom. The van der Waals surface area contributed by atoms with E-state index in [9.17, 15) is 4.79 Å². The van der Waals surface area contributed by atoms with Crippen molar-refractivity contribution in [2.75, 3.05) is 46.4 Å². The molecule has 2 rings (SSSR count). The largest absolute Gasteiger partial charge is 0.385 e. The van der Waals surface area contributed by atoms with Crippen LogP contribution in [0.25, 0.3) is 0 Å². The Bertz CT molecular complexity index is 364. The van der Waals surface area contributed by atoms with Crippen LogP contribution in [0.4, 0.5) is 0 Å². The van der Waals surface area contributed by atoms with Crippen molar-refractivity contribution in [3.63, 3.8) is 0 Å². The molecule has 1 amide bonds. The molecule has 0 radical (unpaired) electrons. The lowest BCUT2D eigenvalue weighted by molar-refractivity contribution is -0.137. The molecular formula is C16H29N3O2S. The fourth-order valence-electron chi connectivity index (χ4n) is 3.26. The van der Waals surface area contributed by atoms with Crippen LogP contribution < -0.4 is 5.32 Å². The molecule has 5 nitrogen and oxygen atoms in total. The van der Waals surface area contributed by atoms with Gasteiger partial charge in [0.05, 0.1) is 0 Å². The number of carbonyl (C=O) groups excluding carboxylic acids is 1. The van der Waals surface area contributed by atoms with E-state index in [0.29, 0.717) is 5.91 Å². The maximum absolute atomic E-state index is 12.5. The Balaban J connectivity index is 1.68. The molecule has 1 N–H and O–H groups in total. The zero-order chi connectivity index (χ0) is 15.8. The summed E-state index contributed by atoms with van der Waals surface area (Å²) in [5, 5.41) is 4.07. The van der Waals surface area contributed by atoms with Crippen LogP contribution >= 0.6 is 12.2 Å². The fraction of sp³-hybridized carbons (Fsp3) is 0.875. The van der Waals surface area contributed by atoms with Gasteiger partial charge in [-0.1, -0.05) is 19.3 Å². The van der Waals surface area contributed by atoms with E-state index in [0.717, 1.165) is 63.7 Å². The lowest BCUT2D eigenvalue weighted by Crippen LogP contribution is -2.54. The number of nitrogens with one attached hydrogen (secondary N) is 1. The van der Waals surface area contributed by atoms with Gasteiger partial charge in [-0.15, -0.1) is 0 Å². The van der Waals surface area contributed by atoms with Crippen LogP contribution in [0, 0.1) is 5.92 Å². The second-order valence-electron chi connectivity index (χ2n) is 6.23. The molecule has 6 heteroatoms. The maximum Gasteiger partial charge on any atom is 0.225 e. The van der Waals surface area contributed by atoms with Gasteiger partial charge >= 0.3 is 0 Å². The summed E-state index contributed by atoms with van der Waals surface area (Å²) in [7, 11) is 1.71. The summed E-state index contributed by atoms with van der Waals surface area (Å²) in [5.74, 6) is 0.651. The first-order valence-electron chi connectivity index (χ1n) is 8.53. The molecule has 1 aliphatic heterocycles. The Kier molecular flexibility index (Phi) is 7.39. The number of hydrogen-bond donors (Lipinski definition) is 1. The highest BCUT2D eigenvalue weighted by atomic mass is 32.1. The molecule has 126 valence electrons. The number of hydrogen-bond acceptors (Lipinski definition) is 3. The van der Waals surface area contributed by atoms with Crippen LogP contribution in [0.2, 0.25) is 0 Å². The molecule has 0 bridgehead atoms. The number of carbonyl (C=O) groups is 1. The second kappa shape index (κ2) is 9.30. The highest BCUT2D eigenvalue weighted by Gasteiger charge is 2.28. The van der Waals surface area contributed by atoms with Gasteiger partial charge in [-0.05, 0) is 31.5 Å². The average Bonchev–Trinajstić information content (AvgIpc) is 2.59. The van der Waals surface area contributed by atoms with Crippen LogP contribution in [-0.4, -0.2) is 67.3 Å². The molecular weight excluding hydrogens is 298 g/mol. The monoisotopic (exact) mass is 327 g/mol. The molecule has 1 saturated heterocycles. The summed E-state index contributed by atoms with van der Waals surface area (Å²) in [4.78, 5) is 16.7. The lowest BCUT2D eigenvalue weighted by atomic mass is 9.88. The van der Waals surface area contributed by atoms with Crippen molar-refractivity contribution < 1.29 is 9.53 Å². The lowest BCUT2D eigenvalue weighted by Gasteiger charge is -2.38. The Morgan fingerprint density at radius 2 is 1.77 bits per heavy atom. The third-order valence-corrected chi connectivity index (χ3v) is 5.04. The van der Waals surface area contributed by atoms with Crippen LogP contribution in [0.1, 0.15) is 38.5 Å². The van der Waals surface area contributed by atoms with E-state index in [1.807, 2.05) is 4.90 Å². The number of methoxy groups -OCH3 is 1. The van der Waals surface area contributed by atoms with Gasteiger partial charge in [-0.25, -0.2) is 0 Å². The minimum absolute atomic E-state index is 0.277. The second-order valence-corrected chi connectivity index (χ2v) is 6.61. The van der Waals surface area contributed by atoms with E-state index in [-0.39, 0.29) is 5.92 Å². The van der Waals surface area contributed by atoms with Crippen LogP contribution in [0.5, 0.6) is 0 Å². The third kappa shape index (κ3) is 5.09. The standard InChI is InChI=1S/C16H29N3O2S/c1-21-13-5-8-17-16(22)19-11-9-18(10-12-19)15(20)14-6-3-2-4-7-14/h14H,2-13H2,1H3,(H,17,22). The van der Waals surface area contributed by atoms with Gasteiger partial charge in [0.25, 0.3) is 0 Å². The van der Waals surface area contributed by atoms with Gasteiger partial charge in [-0.3, -0.25) is 4.79 Å². The molecule has 22 heavy (non-hydrogen) atoms. The average molecular weight is 327 g/mol. The van der Waals surface area contributed by atoms with Gasteiger partial charge in [0.1, 0.15) is 0 Å².